The first-order chi connectivity index (χ1) is 15.9. The molecule has 5 rings (SSSR count). The maximum Gasteiger partial charge on any atom is 0.274 e. The van der Waals surface area contributed by atoms with Crippen LogP contribution in [0, 0.1) is 0 Å². The van der Waals surface area contributed by atoms with Crippen molar-refractivity contribution in [2.45, 2.75) is 50.0 Å². The van der Waals surface area contributed by atoms with Crippen LogP contribution in [0.1, 0.15) is 42.1 Å². The van der Waals surface area contributed by atoms with Gasteiger partial charge in [-0.3, -0.25) is 9.59 Å². The highest BCUT2D eigenvalue weighted by Crippen LogP contribution is 2.34. The maximum atomic E-state index is 13.3. The van der Waals surface area contributed by atoms with E-state index in [2.05, 4.69) is 15.4 Å². The number of carbonyl (C=O) groups excluding carboxylic acids is 1. The summed E-state index contributed by atoms with van der Waals surface area (Å²) in [5.41, 5.74) is 6.06. The van der Waals surface area contributed by atoms with Crippen molar-refractivity contribution in [2.75, 3.05) is 24.4 Å². The van der Waals surface area contributed by atoms with Crippen LogP contribution >= 0.6 is 0 Å². The van der Waals surface area contributed by atoms with E-state index in [1.165, 1.54) is 6.20 Å². The summed E-state index contributed by atoms with van der Waals surface area (Å²) in [6.45, 7) is 0. The molecule has 2 fully saturated rings. The summed E-state index contributed by atoms with van der Waals surface area (Å²) in [5.74, 6) is 0.402. The quantitative estimate of drug-likeness (QED) is 0.559. The molecule has 1 amide bonds. The highest BCUT2D eigenvalue weighted by Gasteiger charge is 2.36. The standard InChI is InChI=1S/C22H26FN7O3/c1-28(16-5-6-17(16)33-2)19-10-18(27-21-14(20(24)31)11-25-30(19)21)26-15-4-3-7-29(22(15)32)13-8-12(23)9-13/h3-4,7,10-13,16-17H,5-6,8-9H2,1-2H3,(H2,24,31)(H,26,27)/t12?,13?,16-,17-/m1/s1. The minimum Gasteiger partial charge on any atom is -0.379 e. The van der Waals surface area contributed by atoms with Crippen molar-refractivity contribution in [3.63, 3.8) is 0 Å². The summed E-state index contributed by atoms with van der Waals surface area (Å²) >= 11 is 0. The first kappa shape index (κ1) is 21.4. The second-order valence-electron chi connectivity index (χ2n) is 8.67. The van der Waals surface area contributed by atoms with E-state index in [0.717, 1.165) is 12.8 Å². The van der Waals surface area contributed by atoms with E-state index in [1.807, 2.05) is 11.9 Å². The molecule has 0 unspecified atom stereocenters. The number of rotatable bonds is 7. The summed E-state index contributed by atoms with van der Waals surface area (Å²) < 4.78 is 22.0. The summed E-state index contributed by atoms with van der Waals surface area (Å²) in [7, 11) is 3.62. The number of carbonyl (C=O) groups is 1. The molecule has 0 radical (unpaired) electrons. The molecule has 2 aliphatic rings. The van der Waals surface area contributed by atoms with Crippen LogP contribution in [-0.2, 0) is 4.74 Å². The van der Waals surface area contributed by atoms with Gasteiger partial charge in [0.1, 0.15) is 29.1 Å². The number of alkyl halides is 1. The van der Waals surface area contributed by atoms with E-state index in [4.69, 9.17) is 10.5 Å². The smallest absolute Gasteiger partial charge is 0.274 e. The van der Waals surface area contributed by atoms with Crippen molar-refractivity contribution in [3.8, 4) is 0 Å². The molecule has 0 bridgehead atoms. The van der Waals surface area contributed by atoms with Crippen LogP contribution in [0.4, 0.5) is 21.7 Å². The number of fused-ring (bicyclic) bond motifs is 1. The number of primary amides is 1. The lowest BCUT2D eigenvalue weighted by molar-refractivity contribution is 0.0192. The number of anilines is 3. The molecule has 2 aliphatic carbocycles. The Kier molecular flexibility index (Phi) is 5.28. The van der Waals surface area contributed by atoms with Crippen molar-refractivity contribution < 1.29 is 13.9 Å². The van der Waals surface area contributed by atoms with Crippen LogP contribution in [0.2, 0.25) is 0 Å². The lowest BCUT2D eigenvalue weighted by atomic mass is 9.88. The lowest BCUT2D eigenvalue weighted by Gasteiger charge is -2.42. The summed E-state index contributed by atoms with van der Waals surface area (Å²) in [4.78, 5) is 31.5. The van der Waals surface area contributed by atoms with Gasteiger partial charge in [0.2, 0.25) is 0 Å². The zero-order valence-corrected chi connectivity index (χ0v) is 18.4. The molecule has 2 atom stereocenters. The largest absolute Gasteiger partial charge is 0.379 e. The van der Waals surface area contributed by atoms with Gasteiger partial charge in [0, 0.05) is 32.5 Å². The van der Waals surface area contributed by atoms with E-state index in [9.17, 15) is 14.0 Å². The van der Waals surface area contributed by atoms with Gasteiger partial charge in [-0.25, -0.2) is 9.37 Å². The Labute approximate surface area is 189 Å². The van der Waals surface area contributed by atoms with Gasteiger partial charge >= 0.3 is 0 Å². The Balaban J connectivity index is 1.55. The van der Waals surface area contributed by atoms with Crippen molar-refractivity contribution in [1.82, 2.24) is 19.2 Å². The molecular weight excluding hydrogens is 429 g/mol. The number of nitrogens with two attached hydrogens (primary N) is 1. The predicted octanol–water partition coefficient (Wildman–Crippen LogP) is 2.02. The van der Waals surface area contributed by atoms with Gasteiger partial charge in [0.15, 0.2) is 5.65 Å². The minimum absolute atomic E-state index is 0.0870. The van der Waals surface area contributed by atoms with Gasteiger partial charge in [-0.2, -0.15) is 9.61 Å². The molecule has 11 heteroatoms. The van der Waals surface area contributed by atoms with Crippen LogP contribution in [0.5, 0.6) is 0 Å². The normalized spacial score (nSPS) is 24.2. The van der Waals surface area contributed by atoms with Crippen LogP contribution in [0.3, 0.4) is 0 Å². The number of halogens is 1. The first-order valence-electron chi connectivity index (χ1n) is 10.9. The molecule has 2 saturated carbocycles. The maximum absolute atomic E-state index is 13.3. The Hall–Kier alpha value is -3.47. The number of ether oxygens (including phenoxy) is 1. The fourth-order valence-electron chi connectivity index (χ4n) is 4.56. The summed E-state index contributed by atoms with van der Waals surface area (Å²) in [5, 5.41) is 7.40. The van der Waals surface area contributed by atoms with Gasteiger partial charge in [-0.05, 0) is 37.8 Å². The van der Waals surface area contributed by atoms with Gasteiger partial charge in [-0.15, -0.1) is 0 Å². The van der Waals surface area contributed by atoms with Crippen LogP contribution < -0.4 is 21.5 Å². The number of methoxy groups -OCH3 is 1. The van der Waals surface area contributed by atoms with Crippen molar-refractivity contribution in [3.05, 3.63) is 46.5 Å². The number of aromatic nitrogens is 4. The highest BCUT2D eigenvalue weighted by molar-refractivity contribution is 5.99. The monoisotopic (exact) mass is 455 g/mol. The van der Waals surface area contributed by atoms with Crippen LogP contribution in [-0.4, -0.2) is 57.5 Å². The minimum atomic E-state index is -0.864. The fourth-order valence-corrected chi connectivity index (χ4v) is 4.56. The Morgan fingerprint density at radius 1 is 1.36 bits per heavy atom. The molecule has 174 valence electrons. The molecule has 3 heterocycles. The molecule has 3 aromatic rings. The topological polar surface area (TPSA) is 120 Å². The fraction of sp³-hybridized carbons (Fsp3) is 0.455. The van der Waals surface area contributed by atoms with E-state index in [1.54, 1.807) is 40.6 Å². The third kappa shape index (κ3) is 3.62. The number of nitrogens with one attached hydrogen (secondary N) is 1. The van der Waals surface area contributed by atoms with Gasteiger partial charge in [0.05, 0.1) is 18.3 Å². The van der Waals surface area contributed by atoms with Gasteiger partial charge in [-0.1, -0.05) is 0 Å². The highest BCUT2D eigenvalue weighted by atomic mass is 19.1. The second-order valence-corrected chi connectivity index (χ2v) is 8.67. The molecule has 0 aliphatic heterocycles. The molecule has 0 saturated heterocycles. The van der Waals surface area contributed by atoms with Crippen LogP contribution in [0.25, 0.3) is 5.65 Å². The zero-order valence-electron chi connectivity index (χ0n) is 18.4. The number of amides is 1. The van der Waals surface area contributed by atoms with Crippen molar-refractivity contribution in [1.29, 1.82) is 0 Å². The second kappa shape index (κ2) is 8.14. The Bertz CT molecular complexity index is 1260. The Morgan fingerprint density at radius 3 is 2.79 bits per heavy atom. The van der Waals surface area contributed by atoms with Crippen LogP contribution in [0.15, 0.2) is 35.4 Å². The molecule has 3 N–H and O–H groups in total. The molecule has 3 aromatic heterocycles. The van der Waals surface area contributed by atoms with Crippen molar-refractivity contribution >= 4 is 28.9 Å². The van der Waals surface area contributed by atoms with E-state index in [-0.39, 0.29) is 35.0 Å². The number of nitrogens with zero attached hydrogens (tertiary/aromatic N) is 5. The lowest BCUT2D eigenvalue weighted by Crippen LogP contribution is -2.50. The van der Waals surface area contributed by atoms with Crippen molar-refractivity contribution in [2.24, 2.45) is 5.73 Å². The molecule has 10 nitrogen and oxygen atoms in total. The number of likely N-dealkylation sites (N-methyl/N-ethyl adjacent to an activating group) is 1. The van der Waals surface area contributed by atoms with E-state index in [0.29, 0.717) is 30.2 Å². The van der Waals surface area contributed by atoms with E-state index < -0.39 is 12.1 Å². The summed E-state index contributed by atoms with van der Waals surface area (Å²) in [6, 6.07) is 5.15. The number of pyridine rings is 1. The molecule has 0 aromatic carbocycles. The Morgan fingerprint density at radius 2 is 2.15 bits per heavy atom. The van der Waals surface area contributed by atoms with Gasteiger partial charge < -0.3 is 25.3 Å². The molecule has 33 heavy (non-hydrogen) atoms. The average Bonchev–Trinajstić information content (AvgIpc) is 3.16. The zero-order chi connectivity index (χ0) is 23.3. The first-order valence-corrected chi connectivity index (χ1v) is 10.9. The van der Waals surface area contributed by atoms with E-state index >= 15 is 0 Å². The number of hydrogen-bond acceptors (Lipinski definition) is 7. The summed E-state index contributed by atoms with van der Waals surface area (Å²) in [6.07, 6.45) is 4.86. The SMILES string of the molecule is CO[C@@H]1CC[C@H]1N(C)c1cc(Nc2cccn(C3CC(F)C3)c2=O)nc2c(C(N)=O)cnn12. The van der Waals surface area contributed by atoms with Gasteiger partial charge in [0.25, 0.3) is 11.5 Å². The third-order valence-corrected chi connectivity index (χ3v) is 6.74. The number of hydrogen-bond donors (Lipinski definition) is 2. The third-order valence-electron chi connectivity index (χ3n) is 6.74. The predicted molar refractivity (Wildman–Crippen MR) is 121 cm³/mol. The molecule has 0 spiro atoms. The average molecular weight is 455 g/mol. The molecular formula is C22H26FN7O3.